The van der Waals surface area contributed by atoms with Crippen molar-refractivity contribution in [2.75, 3.05) is 26.2 Å². The highest BCUT2D eigenvalue weighted by atomic mass is 16.2. The molecule has 2 aliphatic heterocycles. The molecule has 1 spiro atoms. The molecular formula is C16H20N2O. The normalized spacial score (nSPS) is 32.4. The molecule has 19 heavy (non-hydrogen) atoms. The molecule has 2 unspecified atom stereocenters. The SMILES string of the molecule is O=C(C1Cc2ccccc21)N1CCC2(CCNC2)C1. The first-order chi connectivity index (χ1) is 9.27. The van der Waals surface area contributed by atoms with Crippen LogP contribution < -0.4 is 5.32 Å². The average Bonchev–Trinajstić information content (AvgIpc) is 3.02. The molecule has 2 heterocycles. The Kier molecular flexibility index (Phi) is 2.46. The Hall–Kier alpha value is -1.35. The number of hydrogen-bond acceptors (Lipinski definition) is 2. The number of hydrogen-bond donors (Lipinski definition) is 1. The van der Waals surface area contributed by atoms with Crippen molar-refractivity contribution >= 4 is 5.91 Å². The van der Waals surface area contributed by atoms with Gasteiger partial charge in [0.05, 0.1) is 5.92 Å². The summed E-state index contributed by atoms with van der Waals surface area (Å²) in [5.41, 5.74) is 3.01. The molecule has 3 aliphatic rings. The number of rotatable bonds is 1. The lowest BCUT2D eigenvalue weighted by Crippen LogP contribution is -2.39. The summed E-state index contributed by atoms with van der Waals surface area (Å²) in [6.07, 6.45) is 3.36. The van der Waals surface area contributed by atoms with Gasteiger partial charge in [-0.1, -0.05) is 24.3 Å². The van der Waals surface area contributed by atoms with Crippen LogP contribution in [0.15, 0.2) is 24.3 Å². The maximum absolute atomic E-state index is 12.6. The molecule has 1 N–H and O–H groups in total. The van der Waals surface area contributed by atoms with Crippen molar-refractivity contribution in [1.82, 2.24) is 10.2 Å². The second kappa shape index (κ2) is 4.07. The van der Waals surface area contributed by atoms with E-state index in [9.17, 15) is 4.79 Å². The van der Waals surface area contributed by atoms with Gasteiger partial charge in [0.15, 0.2) is 0 Å². The molecule has 2 fully saturated rings. The summed E-state index contributed by atoms with van der Waals surface area (Å²) in [7, 11) is 0. The minimum absolute atomic E-state index is 0.140. The lowest BCUT2D eigenvalue weighted by atomic mass is 9.77. The standard InChI is InChI=1S/C16H20N2O/c19-15(14-9-12-3-1-2-4-13(12)14)18-8-6-16(11-18)5-7-17-10-16/h1-4,14,17H,5-11H2. The molecule has 1 amide bonds. The molecule has 1 aromatic carbocycles. The molecule has 2 saturated heterocycles. The zero-order valence-corrected chi connectivity index (χ0v) is 11.2. The Balaban J connectivity index is 1.48. The zero-order chi connectivity index (χ0) is 12.9. The van der Waals surface area contributed by atoms with Gasteiger partial charge in [-0.2, -0.15) is 0 Å². The Morgan fingerprint density at radius 1 is 1.32 bits per heavy atom. The van der Waals surface area contributed by atoms with Gasteiger partial charge in [0, 0.05) is 25.0 Å². The molecule has 0 aromatic heterocycles. The first-order valence-corrected chi connectivity index (χ1v) is 7.35. The molecule has 0 saturated carbocycles. The first kappa shape index (κ1) is 11.5. The van der Waals surface area contributed by atoms with Gasteiger partial charge in [0.25, 0.3) is 0 Å². The molecule has 1 aromatic rings. The third-order valence-corrected chi connectivity index (χ3v) is 5.23. The minimum atomic E-state index is 0.140. The predicted molar refractivity (Wildman–Crippen MR) is 74.0 cm³/mol. The van der Waals surface area contributed by atoms with Crippen LogP contribution in [0.1, 0.15) is 29.9 Å². The maximum Gasteiger partial charge on any atom is 0.230 e. The van der Waals surface area contributed by atoms with Crippen molar-refractivity contribution in [3.8, 4) is 0 Å². The Morgan fingerprint density at radius 2 is 2.21 bits per heavy atom. The van der Waals surface area contributed by atoms with Crippen LogP contribution in [0, 0.1) is 5.41 Å². The minimum Gasteiger partial charge on any atom is -0.342 e. The van der Waals surface area contributed by atoms with Gasteiger partial charge in [-0.25, -0.2) is 0 Å². The number of nitrogens with one attached hydrogen (secondary N) is 1. The molecule has 3 nitrogen and oxygen atoms in total. The van der Waals surface area contributed by atoms with E-state index in [4.69, 9.17) is 0 Å². The van der Waals surface area contributed by atoms with Crippen LogP contribution in [0.4, 0.5) is 0 Å². The summed E-state index contributed by atoms with van der Waals surface area (Å²) in [5, 5.41) is 3.45. The number of fused-ring (bicyclic) bond motifs is 1. The molecule has 2 atom stereocenters. The molecular weight excluding hydrogens is 236 g/mol. The highest BCUT2D eigenvalue weighted by molar-refractivity contribution is 5.87. The van der Waals surface area contributed by atoms with Crippen LogP contribution >= 0.6 is 0 Å². The summed E-state index contributed by atoms with van der Waals surface area (Å²) in [4.78, 5) is 14.8. The van der Waals surface area contributed by atoms with Gasteiger partial charge in [-0.05, 0) is 36.9 Å². The summed E-state index contributed by atoms with van der Waals surface area (Å²) >= 11 is 0. The highest BCUT2D eigenvalue weighted by Crippen LogP contribution is 2.40. The van der Waals surface area contributed by atoms with Gasteiger partial charge in [0.1, 0.15) is 0 Å². The van der Waals surface area contributed by atoms with Gasteiger partial charge in [0.2, 0.25) is 5.91 Å². The van der Waals surface area contributed by atoms with Gasteiger partial charge in [-0.3, -0.25) is 4.79 Å². The molecule has 1 aliphatic carbocycles. The van der Waals surface area contributed by atoms with Crippen LogP contribution in [0.5, 0.6) is 0 Å². The number of likely N-dealkylation sites (tertiary alicyclic amines) is 1. The molecule has 4 rings (SSSR count). The largest absolute Gasteiger partial charge is 0.342 e. The summed E-state index contributed by atoms with van der Waals surface area (Å²) in [6.45, 7) is 4.14. The third kappa shape index (κ3) is 1.71. The highest BCUT2D eigenvalue weighted by Gasteiger charge is 2.44. The van der Waals surface area contributed by atoms with E-state index in [0.717, 1.165) is 32.6 Å². The first-order valence-electron chi connectivity index (χ1n) is 7.35. The van der Waals surface area contributed by atoms with Gasteiger partial charge >= 0.3 is 0 Å². The van der Waals surface area contributed by atoms with Crippen LogP contribution in [0.2, 0.25) is 0 Å². The van der Waals surface area contributed by atoms with E-state index < -0.39 is 0 Å². The fourth-order valence-electron chi connectivity index (χ4n) is 3.97. The van der Waals surface area contributed by atoms with E-state index in [1.165, 1.54) is 24.0 Å². The van der Waals surface area contributed by atoms with E-state index in [0.29, 0.717) is 11.3 Å². The lowest BCUT2D eigenvalue weighted by Gasteiger charge is -2.33. The summed E-state index contributed by atoms with van der Waals surface area (Å²) in [6, 6.07) is 8.37. The van der Waals surface area contributed by atoms with E-state index in [1.54, 1.807) is 0 Å². The quantitative estimate of drug-likeness (QED) is 0.826. The van der Waals surface area contributed by atoms with Crippen molar-refractivity contribution < 1.29 is 4.79 Å². The average molecular weight is 256 g/mol. The number of carbonyl (C=O) groups is 1. The third-order valence-electron chi connectivity index (χ3n) is 5.23. The number of benzene rings is 1. The molecule has 3 heteroatoms. The fraction of sp³-hybridized carbons (Fsp3) is 0.562. The Morgan fingerprint density at radius 3 is 3.00 bits per heavy atom. The van der Waals surface area contributed by atoms with Crippen molar-refractivity contribution in [1.29, 1.82) is 0 Å². The van der Waals surface area contributed by atoms with Crippen LogP contribution in [0.3, 0.4) is 0 Å². The zero-order valence-electron chi connectivity index (χ0n) is 11.2. The van der Waals surface area contributed by atoms with Crippen molar-refractivity contribution in [2.45, 2.75) is 25.2 Å². The second-order valence-electron chi connectivity index (χ2n) is 6.39. The van der Waals surface area contributed by atoms with Crippen molar-refractivity contribution in [3.05, 3.63) is 35.4 Å². The Labute approximate surface area is 114 Å². The number of nitrogens with zero attached hydrogens (tertiary/aromatic N) is 1. The molecule has 100 valence electrons. The molecule has 0 radical (unpaired) electrons. The number of amides is 1. The van der Waals surface area contributed by atoms with Crippen LogP contribution in [-0.4, -0.2) is 37.0 Å². The number of carbonyl (C=O) groups excluding carboxylic acids is 1. The summed E-state index contributed by atoms with van der Waals surface area (Å²) < 4.78 is 0. The predicted octanol–water partition coefficient (Wildman–Crippen LogP) is 1.54. The van der Waals surface area contributed by atoms with Gasteiger partial charge < -0.3 is 10.2 Å². The topological polar surface area (TPSA) is 32.3 Å². The second-order valence-corrected chi connectivity index (χ2v) is 6.39. The van der Waals surface area contributed by atoms with Crippen molar-refractivity contribution in [3.63, 3.8) is 0 Å². The van der Waals surface area contributed by atoms with Gasteiger partial charge in [-0.15, -0.1) is 0 Å². The molecule has 0 bridgehead atoms. The summed E-state index contributed by atoms with van der Waals surface area (Å²) in [5.74, 6) is 0.503. The van der Waals surface area contributed by atoms with E-state index >= 15 is 0 Å². The van der Waals surface area contributed by atoms with E-state index in [2.05, 4.69) is 28.4 Å². The Bertz CT molecular complexity index is 519. The monoisotopic (exact) mass is 256 g/mol. The van der Waals surface area contributed by atoms with Crippen LogP contribution in [0.25, 0.3) is 0 Å². The maximum atomic E-state index is 12.6. The fourth-order valence-corrected chi connectivity index (χ4v) is 3.97. The van der Waals surface area contributed by atoms with Crippen molar-refractivity contribution in [2.24, 2.45) is 5.41 Å². The smallest absolute Gasteiger partial charge is 0.230 e. The lowest BCUT2D eigenvalue weighted by molar-refractivity contribution is -0.132. The van der Waals surface area contributed by atoms with E-state index in [-0.39, 0.29) is 5.92 Å². The van der Waals surface area contributed by atoms with Crippen LogP contribution in [-0.2, 0) is 11.2 Å². The van der Waals surface area contributed by atoms with E-state index in [1.807, 2.05) is 6.07 Å².